The van der Waals surface area contributed by atoms with Gasteiger partial charge in [0.05, 0.1) is 14.2 Å². The molecule has 6 nitrogen and oxygen atoms in total. The molecule has 0 bridgehead atoms. The van der Waals surface area contributed by atoms with Gasteiger partial charge in [-0.25, -0.2) is 0 Å². The molecule has 1 aromatic heterocycles. The van der Waals surface area contributed by atoms with Gasteiger partial charge in [-0.05, 0) is 54.3 Å². The summed E-state index contributed by atoms with van der Waals surface area (Å²) in [7, 11) is 3.08. The number of aryl methyl sites for hydroxylation is 1. The van der Waals surface area contributed by atoms with Crippen LogP contribution in [-0.4, -0.2) is 24.3 Å². The van der Waals surface area contributed by atoms with Crippen molar-refractivity contribution >= 4 is 0 Å². The lowest BCUT2D eigenvalue weighted by molar-refractivity contribution is 0.395. The maximum Gasteiger partial charge on any atom is 0.266 e. The fraction of sp³-hybridized carbons (Fsp3) is 0.250. The highest BCUT2D eigenvalue weighted by atomic mass is 16.5. The van der Waals surface area contributed by atoms with Gasteiger partial charge in [-0.15, -0.1) is 0 Å². The highest BCUT2D eigenvalue weighted by Gasteiger charge is 2.18. The molecule has 30 heavy (non-hydrogen) atoms. The van der Waals surface area contributed by atoms with E-state index in [1.165, 1.54) is 7.11 Å². The number of pyridine rings is 1. The average Bonchev–Trinajstić information content (AvgIpc) is 2.72. The molecule has 2 aromatic carbocycles. The van der Waals surface area contributed by atoms with Crippen molar-refractivity contribution in [2.24, 2.45) is 0 Å². The van der Waals surface area contributed by atoms with Crippen molar-refractivity contribution in [3.05, 3.63) is 63.4 Å². The van der Waals surface area contributed by atoms with Crippen LogP contribution in [0.5, 0.6) is 17.2 Å². The molecule has 3 rings (SSSR count). The van der Waals surface area contributed by atoms with Gasteiger partial charge < -0.3 is 19.6 Å². The maximum absolute atomic E-state index is 12.8. The molecule has 0 saturated carbocycles. The Labute approximate surface area is 175 Å². The largest absolute Gasteiger partial charge is 0.508 e. The summed E-state index contributed by atoms with van der Waals surface area (Å²) in [5.74, 6) is 1.43. The summed E-state index contributed by atoms with van der Waals surface area (Å²) in [4.78, 5) is 15.6. The van der Waals surface area contributed by atoms with E-state index in [-0.39, 0.29) is 17.2 Å². The van der Waals surface area contributed by atoms with Crippen LogP contribution < -0.4 is 15.0 Å². The molecule has 2 N–H and O–H groups in total. The van der Waals surface area contributed by atoms with Crippen LogP contribution >= 0.6 is 0 Å². The standard InChI is InChI=1S/C24H24N2O4/c1-13(2)17-10-18(14(3)8-22(17)27)21-11-19(20(12-25)24(28)26-21)16-7-6-15(29-4)9-23(16)30-5/h6-11,13,27H,1-5H3,(H,26,28). The molecule has 6 heteroatoms. The van der Waals surface area contributed by atoms with E-state index < -0.39 is 5.56 Å². The van der Waals surface area contributed by atoms with Crippen molar-refractivity contribution in [2.75, 3.05) is 14.2 Å². The average molecular weight is 404 g/mol. The van der Waals surface area contributed by atoms with E-state index in [1.54, 1.807) is 37.4 Å². The quantitative estimate of drug-likeness (QED) is 0.641. The Morgan fingerprint density at radius 3 is 2.37 bits per heavy atom. The van der Waals surface area contributed by atoms with Crippen LogP contribution in [0.1, 0.15) is 36.5 Å². The zero-order valence-electron chi connectivity index (χ0n) is 17.7. The van der Waals surface area contributed by atoms with E-state index >= 15 is 0 Å². The summed E-state index contributed by atoms with van der Waals surface area (Å²) in [6.07, 6.45) is 0. The number of aromatic amines is 1. The zero-order chi connectivity index (χ0) is 22.0. The van der Waals surface area contributed by atoms with Gasteiger partial charge in [-0.3, -0.25) is 4.79 Å². The second kappa shape index (κ2) is 8.34. The van der Waals surface area contributed by atoms with E-state index in [0.717, 1.165) is 16.7 Å². The number of phenolic OH excluding ortho intramolecular Hbond substituents is 1. The molecule has 0 spiro atoms. The Morgan fingerprint density at radius 2 is 1.77 bits per heavy atom. The fourth-order valence-electron chi connectivity index (χ4n) is 3.51. The molecular formula is C24H24N2O4. The fourth-order valence-corrected chi connectivity index (χ4v) is 3.51. The van der Waals surface area contributed by atoms with E-state index in [4.69, 9.17) is 9.47 Å². The molecule has 0 aliphatic carbocycles. The van der Waals surface area contributed by atoms with Gasteiger partial charge >= 0.3 is 0 Å². The Kier molecular flexibility index (Phi) is 5.84. The van der Waals surface area contributed by atoms with Crippen molar-refractivity contribution in [3.8, 4) is 45.7 Å². The van der Waals surface area contributed by atoms with Gasteiger partial charge in [0.25, 0.3) is 5.56 Å². The number of nitriles is 1. The maximum atomic E-state index is 12.8. The monoisotopic (exact) mass is 404 g/mol. The van der Waals surface area contributed by atoms with Crippen molar-refractivity contribution < 1.29 is 14.6 Å². The van der Waals surface area contributed by atoms with Crippen molar-refractivity contribution in [2.45, 2.75) is 26.7 Å². The molecule has 1 heterocycles. The Hall–Kier alpha value is -3.72. The summed E-state index contributed by atoms with van der Waals surface area (Å²) in [5.41, 5.74) is 3.54. The molecule has 0 aliphatic heterocycles. The smallest absolute Gasteiger partial charge is 0.266 e. The van der Waals surface area contributed by atoms with Crippen molar-refractivity contribution in [3.63, 3.8) is 0 Å². The number of nitrogens with zero attached hydrogens (tertiary/aromatic N) is 1. The van der Waals surface area contributed by atoms with Crippen molar-refractivity contribution in [1.82, 2.24) is 4.98 Å². The predicted molar refractivity (Wildman–Crippen MR) is 116 cm³/mol. The summed E-state index contributed by atoms with van der Waals surface area (Å²) >= 11 is 0. The van der Waals surface area contributed by atoms with Crippen LogP contribution in [0, 0.1) is 18.3 Å². The Balaban J connectivity index is 2.31. The third-order valence-corrected chi connectivity index (χ3v) is 5.13. The topological polar surface area (TPSA) is 95.3 Å². The lowest BCUT2D eigenvalue weighted by Gasteiger charge is -2.16. The van der Waals surface area contributed by atoms with Crippen LogP contribution in [0.4, 0.5) is 0 Å². The number of hydrogen-bond donors (Lipinski definition) is 2. The van der Waals surface area contributed by atoms with Crippen LogP contribution in [0.3, 0.4) is 0 Å². The first-order valence-electron chi connectivity index (χ1n) is 9.54. The summed E-state index contributed by atoms with van der Waals surface area (Å²) < 4.78 is 10.7. The number of methoxy groups -OCH3 is 2. The minimum atomic E-state index is -0.485. The first-order valence-corrected chi connectivity index (χ1v) is 9.54. The van der Waals surface area contributed by atoms with Crippen molar-refractivity contribution in [1.29, 1.82) is 5.26 Å². The van der Waals surface area contributed by atoms with Gasteiger partial charge in [0.15, 0.2) is 0 Å². The highest BCUT2D eigenvalue weighted by Crippen LogP contribution is 2.37. The minimum absolute atomic E-state index is 0.00253. The number of aromatic nitrogens is 1. The van der Waals surface area contributed by atoms with Crippen LogP contribution in [0.15, 0.2) is 41.2 Å². The molecule has 0 saturated heterocycles. The normalized spacial score (nSPS) is 10.7. The van der Waals surface area contributed by atoms with Gasteiger partial charge in [-0.2, -0.15) is 5.26 Å². The molecule has 0 radical (unpaired) electrons. The summed E-state index contributed by atoms with van der Waals surface area (Å²) in [6, 6.07) is 12.6. The van der Waals surface area contributed by atoms with Crippen LogP contribution in [-0.2, 0) is 0 Å². The number of aromatic hydroxyl groups is 1. The number of H-pyrrole nitrogens is 1. The molecule has 0 atom stereocenters. The van der Waals surface area contributed by atoms with Crippen LogP contribution in [0.2, 0.25) is 0 Å². The highest BCUT2D eigenvalue weighted by molar-refractivity contribution is 5.80. The number of rotatable bonds is 5. The van der Waals surface area contributed by atoms with E-state index in [1.807, 2.05) is 32.9 Å². The molecule has 3 aromatic rings. The van der Waals surface area contributed by atoms with E-state index in [0.29, 0.717) is 28.3 Å². The van der Waals surface area contributed by atoms with E-state index in [2.05, 4.69) is 4.98 Å². The summed E-state index contributed by atoms with van der Waals surface area (Å²) in [5, 5.41) is 19.9. The second-order valence-corrected chi connectivity index (χ2v) is 7.36. The van der Waals surface area contributed by atoms with Gasteiger partial charge in [0.1, 0.15) is 28.9 Å². The van der Waals surface area contributed by atoms with Gasteiger partial charge in [0.2, 0.25) is 0 Å². The van der Waals surface area contributed by atoms with Gasteiger partial charge in [0, 0.05) is 28.5 Å². The first kappa shape index (κ1) is 21.0. The lowest BCUT2D eigenvalue weighted by Crippen LogP contribution is -2.13. The number of phenols is 1. The zero-order valence-corrected chi connectivity index (χ0v) is 17.7. The number of nitrogens with one attached hydrogen (secondary N) is 1. The number of benzene rings is 2. The number of hydrogen-bond acceptors (Lipinski definition) is 5. The van der Waals surface area contributed by atoms with E-state index in [9.17, 15) is 15.2 Å². The SMILES string of the molecule is COc1ccc(-c2cc(-c3cc(C(C)C)c(O)cc3C)[nH]c(=O)c2C#N)c(OC)c1. The Morgan fingerprint density at radius 1 is 1.03 bits per heavy atom. The third-order valence-electron chi connectivity index (χ3n) is 5.13. The number of ether oxygens (including phenoxy) is 2. The molecule has 0 amide bonds. The summed E-state index contributed by atoms with van der Waals surface area (Å²) in [6.45, 7) is 5.84. The van der Waals surface area contributed by atoms with Gasteiger partial charge in [-0.1, -0.05) is 13.8 Å². The molecule has 0 unspecified atom stereocenters. The molecule has 0 aliphatic rings. The molecular weight excluding hydrogens is 380 g/mol. The molecule has 154 valence electrons. The predicted octanol–water partition coefficient (Wildman–Crippen LogP) is 4.74. The minimum Gasteiger partial charge on any atom is -0.508 e. The first-order chi connectivity index (χ1) is 14.3. The third kappa shape index (κ3) is 3.74. The second-order valence-electron chi connectivity index (χ2n) is 7.36. The Bertz CT molecular complexity index is 1200. The van der Waals surface area contributed by atoms with Crippen LogP contribution in [0.25, 0.3) is 22.4 Å². The lowest BCUT2D eigenvalue weighted by atomic mass is 9.93. The molecule has 0 fully saturated rings.